The van der Waals surface area contributed by atoms with Crippen molar-refractivity contribution in [2.24, 2.45) is 5.92 Å². The molecule has 0 heterocycles. The SMILES string of the molecule is C=C(C)CCNCC(C)(O)CC(C)C. The smallest absolute Gasteiger partial charge is 0.0746 e. The van der Waals surface area contributed by atoms with E-state index in [-0.39, 0.29) is 0 Å². The van der Waals surface area contributed by atoms with E-state index in [4.69, 9.17) is 0 Å². The summed E-state index contributed by atoms with van der Waals surface area (Å²) in [5.41, 5.74) is 0.601. The second-order valence-corrected chi connectivity index (χ2v) is 4.98. The minimum atomic E-state index is -0.580. The fourth-order valence-corrected chi connectivity index (χ4v) is 1.61. The normalized spacial score (nSPS) is 15.6. The molecule has 0 fully saturated rings. The Labute approximate surface area is 88.4 Å². The van der Waals surface area contributed by atoms with Crippen LogP contribution in [0.3, 0.4) is 0 Å². The van der Waals surface area contributed by atoms with Crippen molar-refractivity contribution in [3.63, 3.8) is 0 Å². The van der Waals surface area contributed by atoms with E-state index < -0.39 is 5.60 Å². The summed E-state index contributed by atoms with van der Waals surface area (Å²) < 4.78 is 0. The van der Waals surface area contributed by atoms with E-state index >= 15 is 0 Å². The van der Waals surface area contributed by atoms with Crippen LogP contribution in [0.4, 0.5) is 0 Å². The van der Waals surface area contributed by atoms with E-state index in [1.54, 1.807) is 0 Å². The molecule has 0 aromatic carbocycles. The van der Waals surface area contributed by atoms with Gasteiger partial charge in [-0.2, -0.15) is 0 Å². The number of hydrogen-bond acceptors (Lipinski definition) is 2. The zero-order chi connectivity index (χ0) is 11.2. The Hall–Kier alpha value is -0.340. The van der Waals surface area contributed by atoms with E-state index in [0.717, 1.165) is 19.4 Å². The molecule has 0 aliphatic carbocycles. The summed E-state index contributed by atoms with van der Waals surface area (Å²) in [7, 11) is 0. The molecule has 0 aromatic heterocycles. The largest absolute Gasteiger partial charge is 0.389 e. The van der Waals surface area contributed by atoms with Crippen molar-refractivity contribution in [2.45, 2.75) is 46.1 Å². The van der Waals surface area contributed by atoms with Gasteiger partial charge in [0.2, 0.25) is 0 Å². The van der Waals surface area contributed by atoms with Crippen molar-refractivity contribution in [1.29, 1.82) is 0 Å². The monoisotopic (exact) mass is 199 g/mol. The van der Waals surface area contributed by atoms with Crippen LogP contribution in [0.5, 0.6) is 0 Å². The number of hydrogen-bond donors (Lipinski definition) is 2. The molecule has 0 saturated heterocycles. The molecule has 0 rings (SSSR count). The Morgan fingerprint density at radius 1 is 1.50 bits per heavy atom. The summed E-state index contributed by atoms with van der Waals surface area (Å²) in [6.07, 6.45) is 1.82. The second kappa shape index (κ2) is 6.20. The molecule has 0 bridgehead atoms. The van der Waals surface area contributed by atoms with Crippen LogP contribution in [0.15, 0.2) is 12.2 Å². The lowest BCUT2D eigenvalue weighted by Gasteiger charge is -2.25. The van der Waals surface area contributed by atoms with Crippen LogP contribution >= 0.6 is 0 Å². The van der Waals surface area contributed by atoms with Crippen LogP contribution in [-0.4, -0.2) is 23.8 Å². The Morgan fingerprint density at radius 2 is 2.07 bits per heavy atom. The topological polar surface area (TPSA) is 32.3 Å². The highest BCUT2D eigenvalue weighted by atomic mass is 16.3. The van der Waals surface area contributed by atoms with E-state index in [1.165, 1.54) is 5.57 Å². The zero-order valence-corrected chi connectivity index (χ0v) is 10.1. The van der Waals surface area contributed by atoms with Gasteiger partial charge in [0.1, 0.15) is 0 Å². The van der Waals surface area contributed by atoms with Crippen LogP contribution in [0, 0.1) is 5.92 Å². The van der Waals surface area contributed by atoms with Gasteiger partial charge in [-0.1, -0.05) is 19.4 Å². The Bertz CT molecular complexity index is 173. The van der Waals surface area contributed by atoms with Crippen molar-refractivity contribution < 1.29 is 5.11 Å². The first-order chi connectivity index (χ1) is 6.33. The Kier molecular flexibility index (Phi) is 6.05. The Morgan fingerprint density at radius 3 is 2.50 bits per heavy atom. The van der Waals surface area contributed by atoms with Gasteiger partial charge in [0.15, 0.2) is 0 Å². The van der Waals surface area contributed by atoms with Gasteiger partial charge in [0.25, 0.3) is 0 Å². The highest BCUT2D eigenvalue weighted by molar-refractivity contribution is 4.88. The van der Waals surface area contributed by atoms with Crippen molar-refractivity contribution in [1.82, 2.24) is 5.32 Å². The molecule has 0 spiro atoms. The average molecular weight is 199 g/mol. The molecule has 1 unspecified atom stereocenters. The molecule has 2 heteroatoms. The minimum absolute atomic E-state index is 0.535. The van der Waals surface area contributed by atoms with Gasteiger partial charge in [-0.25, -0.2) is 0 Å². The molecule has 2 nitrogen and oxygen atoms in total. The number of nitrogens with one attached hydrogen (secondary N) is 1. The molecular weight excluding hydrogens is 174 g/mol. The fraction of sp³-hybridized carbons (Fsp3) is 0.833. The lowest BCUT2D eigenvalue weighted by atomic mass is 9.94. The van der Waals surface area contributed by atoms with Crippen LogP contribution in [0.25, 0.3) is 0 Å². The van der Waals surface area contributed by atoms with E-state index in [0.29, 0.717) is 12.5 Å². The summed E-state index contributed by atoms with van der Waals surface area (Å²) >= 11 is 0. The lowest BCUT2D eigenvalue weighted by Crippen LogP contribution is -2.39. The third-order valence-corrected chi connectivity index (χ3v) is 2.08. The third kappa shape index (κ3) is 8.27. The van der Waals surface area contributed by atoms with Crippen LogP contribution in [-0.2, 0) is 0 Å². The summed E-state index contributed by atoms with van der Waals surface area (Å²) in [5.74, 6) is 0.535. The maximum atomic E-state index is 9.97. The van der Waals surface area contributed by atoms with Crippen LogP contribution in [0.1, 0.15) is 40.5 Å². The second-order valence-electron chi connectivity index (χ2n) is 4.98. The highest BCUT2D eigenvalue weighted by Gasteiger charge is 2.20. The number of rotatable bonds is 7. The third-order valence-electron chi connectivity index (χ3n) is 2.08. The van der Waals surface area contributed by atoms with Gasteiger partial charge >= 0.3 is 0 Å². The van der Waals surface area contributed by atoms with Gasteiger partial charge in [-0.3, -0.25) is 0 Å². The first-order valence-corrected chi connectivity index (χ1v) is 5.41. The average Bonchev–Trinajstić information content (AvgIpc) is 1.95. The molecule has 0 amide bonds. The van der Waals surface area contributed by atoms with Crippen molar-refractivity contribution in [3.8, 4) is 0 Å². The molecule has 0 radical (unpaired) electrons. The van der Waals surface area contributed by atoms with Gasteiger partial charge in [0.05, 0.1) is 5.60 Å². The zero-order valence-electron chi connectivity index (χ0n) is 10.1. The molecule has 0 aliphatic heterocycles. The molecule has 0 saturated carbocycles. The molecular formula is C12H25NO. The molecule has 2 N–H and O–H groups in total. The van der Waals surface area contributed by atoms with Gasteiger partial charge < -0.3 is 10.4 Å². The van der Waals surface area contributed by atoms with E-state index in [1.807, 2.05) is 13.8 Å². The van der Waals surface area contributed by atoms with Crippen LogP contribution in [0.2, 0.25) is 0 Å². The maximum absolute atomic E-state index is 9.97. The van der Waals surface area contributed by atoms with Gasteiger partial charge in [-0.15, -0.1) is 6.58 Å². The molecule has 0 aromatic rings. The van der Waals surface area contributed by atoms with Gasteiger partial charge in [0, 0.05) is 6.54 Å². The maximum Gasteiger partial charge on any atom is 0.0746 e. The van der Waals surface area contributed by atoms with Crippen molar-refractivity contribution in [2.75, 3.05) is 13.1 Å². The first kappa shape index (κ1) is 13.7. The lowest BCUT2D eigenvalue weighted by molar-refractivity contribution is 0.0389. The van der Waals surface area contributed by atoms with Crippen molar-refractivity contribution in [3.05, 3.63) is 12.2 Å². The summed E-state index contributed by atoms with van der Waals surface area (Å²) in [5, 5.41) is 13.2. The predicted octanol–water partition coefficient (Wildman–Crippen LogP) is 2.34. The van der Waals surface area contributed by atoms with Gasteiger partial charge in [-0.05, 0) is 39.2 Å². The summed E-state index contributed by atoms with van der Waals surface area (Å²) in [4.78, 5) is 0. The van der Waals surface area contributed by atoms with Crippen LogP contribution < -0.4 is 5.32 Å². The molecule has 0 aliphatic rings. The van der Waals surface area contributed by atoms with Crippen molar-refractivity contribution >= 4 is 0 Å². The van der Waals surface area contributed by atoms with E-state index in [9.17, 15) is 5.11 Å². The minimum Gasteiger partial charge on any atom is -0.389 e. The summed E-state index contributed by atoms with van der Waals surface area (Å²) in [6, 6.07) is 0. The number of aliphatic hydroxyl groups is 1. The predicted molar refractivity (Wildman–Crippen MR) is 62.4 cm³/mol. The Balaban J connectivity index is 3.60. The molecule has 84 valence electrons. The van der Waals surface area contributed by atoms with E-state index in [2.05, 4.69) is 25.7 Å². The standard InChI is InChI=1S/C12H25NO/c1-10(2)6-7-13-9-12(5,14)8-11(3)4/h11,13-14H,1,6-9H2,2-5H3. The molecule has 1 atom stereocenters. The first-order valence-electron chi connectivity index (χ1n) is 5.41. The molecule has 14 heavy (non-hydrogen) atoms. The highest BCUT2D eigenvalue weighted by Crippen LogP contribution is 2.14. The summed E-state index contributed by atoms with van der Waals surface area (Å²) in [6.45, 7) is 13.6. The fourth-order valence-electron chi connectivity index (χ4n) is 1.61. The quantitative estimate of drug-likeness (QED) is 0.487.